The maximum Gasteiger partial charge on any atom is 0.416 e. The zero-order valence-electron chi connectivity index (χ0n) is 10.4. The van der Waals surface area contributed by atoms with Crippen LogP contribution in [0.4, 0.5) is 13.2 Å². The molecule has 0 N–H and O–H groups in total. The first-order valence-electron chi connectivity index (χ1n) is 5.62. The van der Waals surface area contributed by atoms with Crippen molar-refractivity contribution < 1.29 is 22.7 Å². The van der Waals surface area contributed by atoms with Crippen molar-refractivity contribution in [3.8, 4) is 16.9 Å². The number of hydrogen-bond acceptors (Lipinski definition) is 3. The number of rotatable bonds is 3. The van der Waals surface area contributed by atoms with Crippen molar-refractivity contribution in [3.63, 3.8) is 0 Å². The van der Waals surface area contributed by atoms with E-state index in [-0.39, 0.29) is 11.3 Å². The molecule has 0 fully saturated rings. The molecule has 104 valence electrons. The molecule has 0 atom stereocenters. The molecule has 0 saturated carbocycles. The fourth-order valence-corrected chi connectivity index (χ4v) is 1.80. The zero-order chi connectivity index (χ0) is 14.8. The molecule has 20 heavy (non-hydrogen) atoms. The Morgan fingerprint density at radius 3 is 2.30 bits per heavy atom. The highest BCUT2D eigenvalue weighted by atomic mass is 19.4. The van der Waals surface area contributed by atoms with Crippen LogP contribution in [0.5, 0.6) is 5.75 Å². The van der Waals surface area contributed by atoms with Crippen LogP contribution in [0.15, 0.2) is 36.7 Å². The van der Waals surface area contributed by atoms with E-state index in [0.29, 0.717) is 17.4 Å². The van der Waals surface area contributed by atoms with Crippen molar-refractivity contribution in [2.75, 3.05) is 7.11 Å². The zero-order valence-corrected chi connectivity index (χ0v) is 10.4. The summed E-state index contributed by atoms with van der Waals surface area (Å²) < 4.78 is 42.5. The molecule has 2 aromatic rings. The number of halogens is 3. The predicted molar refractivity (Wildman–Crippen MR) is 66.6 cm³/mol. The molecule has 0 saturated heterocycles. The van der Waals surface area contributed by atoms with Crippen LogP contribution in [0.1, 0.15) is 15.9 Å². The normalized spacial score (nSPS) is 11.2. The minimum atomic E-state index is -4.39. The summed E-state index contributed by atoms with van der Waals surface area (Å²) in [5.74, 6) is 0.275. The van der Waals surface area contributed by atoms with E-state index in [9.17, 15) is 18.0 Å². The second-order valence-corrected chi connectivity index (χ2v) is 4.00. The fraction of sp³-hybridized carbons (Fsp3) is 0.143. The highest BCUT2D eigenvalue weighted by Crippen LogP contribution is 2.32. The van der Waals surface area contributed by atoms with E-state index in [1.807, 2.05) is 0 Å². The third kappa shape index (κ3) is 2.64. The lowest BCUT2D eigenvalue weighted by molar-refractivity contribution is -0.137. The first-order valence-corrected chi connectivity index (χ1v) is 5.62. The SMILES string of the molecule is COc1cncc(-c2ccc(C(F)(F)F)cc2)c1C=O. The number of pyridine rings is 1. The van der Waals surface area contributed by atoms with Crippen LogP contribution in [0.2, 0.25) is 0 Å². The molecule has 0 radical (unpaired) electrons. The highest BCUT2D eigenvalue weighted by Gasteiger charge is 2.30. The molecular weight excluding hydrogens is 271 g/mol. The Morgan fingerprint density at radius 2 is 1.80 bits per heavy atom. The van der Waals surface area contributed by atoms with Gasteiger partial charge in [0.1, 0.15) is 5.75 Å². The quantitative estimate of drug-likeness (QED) is 0.807. The first-order chi connectivity index (χ1) is 9.47. The standard InChI is InChI=1S/C14H10F3NO2/c1-20-13-7-18-6-11(12(13)8-19)9-2-4-10(5-3-9)14(15,16)17/h2-8H,1H3. The Balaban J connectivity index is 2.50. The van der Waals surface area contributed by atoms with Crippen LogP contribution in [-0.2, 0) is 6.18 Å². The van der Waals surface area contributed by atoms with Gasteiger partial charge in [-0.2, -0.15) is 13.2 Å². The van der Waals surface area contributed by atoms with E-state index in [1.165, 1.54) is 31.6 Å². The van der Waals surface area contributed by atoms with Gasteiger partial charge in [0.15, 0.2) is 6.29 Å². The van der Waals surface area contributed by atoms with Crippen molar-refractivity contribution in [1.29, 1.82) is 0 Å². The first kappa shape index (κ1) is 14.0. The molecule has 1 aromatic heterocycles. The van der Waals surface area contributed by atoms with Crippen LogP contribution < -0.4 is 4.74 Å². The van der Waals surface area contributed by atoms with Gasteiger partial charge < -0.3 is 4.74 Å². The van der Waals surface area contributed by atoms with Gasteiger partial charge in [-0.1, -0.05) is 12.1 Å². The van der Waals surface area contributed by atoms with Gasteiger partial charge in [-0.05, 0) is 17.7 Å². The summed E-state index contributed by atoms with van der Waals surface area (Å²) in [5, 5.41) is 0. The van der Waals surface area contributed by atoms with Gasteiger partial charge in [0, 0.05) is 11.8 Å². The molecular formula is C14H10F3NO2. The number of methoxy groups -OCH3 is 1. The van der Waals surface area contributed by atoms with Gasteiger partial charge in [-0.3, -0.25) is 9.78 Å². The van der Waals surface area contributed by atoms with Crippen LogP contribution in [0.25, 0.3) is 11.1 Å². The van der Waals surface area contributed by atoms with Gasteiger partial charge in [0.2, 0.25) is 0 Å². The Kier molecular flexibility index (Phi) is 3.74. The highest BCUT2D eigenvalue weighted by molar-refractivity contribution is 5.90. The number of benzene rings is 1. The fourth-order valence-electron chi connectivity index (χ4n) is 1.80. The van der Waals surface area contributed by atoms with Gasteiger partial charge in [-0.25, -0.2) is 0 Å². The summed E-state index contributed by atoms with van der Waals surface area (Å²) in [6.45, 7) is 0. The van der Waals surface area contributed by atoms with Crippen LogP contribution in [-0.4, -0.2) is 18.4 Å². The van der Waals surface area contributed by atoms with E-state index in [2.05, 4.69) is 4.98 Å². The van der Waals surface area contributed by atoms with E-state index in [4.69, 9.17) is 4.74 Å². The number of nitrogens with zero attached hydrogens (tertiary/aromatic N) is 1. The molecule has 0 bridgehead atoms. The number of carbonyl (C=O) groups is 1. The Hall–Kier alpha value is -2.37. The lowest BCUT2D eigenvalue weighted by Gasteiger charge is -2.10. The number of aromatic nitrogens is 1. The second kappa shape index (κ2) is 5.32. The summed E-state index contributed by atoms with van der Waals surface area (Å²) in [5.41, 5.74) is 0.395. The number of aldehydes is 1. The molecule has 3 nitrogen and oxygen atoms in total. The minimum absolute atomic E-state index is 0.252. The number of ether oxygens (including phenoxy) is 1. The van der Waals surface area contributed by atoms with E-state index < -0.39 is 11.7 Å². The summed E-state index contributed by atoms with van der Waals surface area (Å²) >= 11 is 0. The number of hydrogen-bond donors (Lipinski definition) is 0. The number of carbonyl (C=O) groups excluding carboxylic acids is 1. The summed E-state index contributed by atoms with van der Waals surface area (Å²) in [6, 6.07) is 4.52. The third-order valence-electron chi connectivity index (χ3n) is 2.81. The van der Waals surface area contributed by atoms with Crippen molar-refractivity contribution >= 4 is 6.29 Å². The van der Waals surface area contributed by atoms with E-state index in [1.54, 1.807) is 0 Å². The summed E-state index contributed by atoms with van der Waals surface area (Å²) in [6.07, 6.45) is -1.02. The lowest BCUT2D eigenvalue weighted by atomic mass is 10.0. The van der Waals surface area contributed by atoms with Crippen molar-refractivity contribution in [1.82, 2.24) is 4.98 Å². The van der Waals surface area contributed by atoms with Crippen molar-refractivity contribution in [2.45, 2.75) is 6.18 Å². The Morgan fingerprint density at radius 1 is 1.15 bits per heavy atom. The largest absolute Gasteiger partial charge is 0.494 e. The molecule has 0 aliphatic carbocycles. The molecule has 1 aromatic carbocycles. The molecule has 0 amide bonds. The van der Waals surface area contributed by atoms with Crippen LogP contribution in [0.3, 0.4) is 0 Å². The second-order valence-electron chi connectivity index (χ2n) is 4.00. The maximum absolute atomic E-state index is 12.5. The maximum atomic E-state index is 12.5. The smallest absolute Gasteiger partial charge is 0.416 e. The Labute approximate surface area is 113 Å². The van der Waals surface area contributed by atoms with Gasteiger partial charge in [0.05, 0.1) is 24.4 Å². The molecule has 0 unspecified atom stereocenters. The minimum Gasteiger partial charge on any atom is -0.494 e. The molecule has 0 spiro atoms. The summed E-state index contributed by atoms with van der Waals surface area (Å²) in [7, 11) is 1.39. The van der Waals surface area contributed by atoms with Crippen LogP contribution in [0, 0.1) is 0 Å². The molecule has 0 aliphatic rings. The summed E-state index contributed by atoms with van der Waals surface area (Å²) in [4.78, 5) is 15.0. The lowest BCUT2D eigenvalue weighted by Crippen LogP contribution is -2.04. The van der Waals surface area contributed by atoms with Gasteiger partial charge in [0.25, 0.3) is 0 Å². The van der Waals surface area contributed by atoms with E-state index in [0.717, 1.165) is 12.1 Å². The van der Waals surface area contributed by atoms with Gasteiger partial charge >= 0.3 is 6.18 Å². The number of alkyl halides is 3. The predicted octanol–water partition coefficient (Wildman–Crippen LogP) is 3.59. The molecule has 1 heterocycles. The average Bonchev–Trinajstić information content (AvgIpc) is 2.45. The molecule has 0 aliphatic heterocycles. The monoisotopic (exact) mass is 281 g/mol. The van der Waals surface area contributed by atoms with E-state index >= 15 is 0 Å². The topological polar surface area (TPSA) is 39.2 Å². The van der Waals surface area contributed by atoms with Crippen molar-refractivity contribution in [2.24, 2.45) is 0 Å². The third-order valence-corrected chi connectivity index (χ3v) is 2.81. The van der Waals surface area contributed by atoms with Crippen LogP contribution >= 0.6 is 0 Å². The van der Waals surface area contributed by atoms with Gasteiger partial charge in [-0.15, -0.1) is 0 Å². The Bertz CT molecular complexity index is 621. The molecule has 2 rings (SSSR count). The van der Waals surface area contributed by atoms with Crippen molar-refractivity contribution in [3.05, 3.63) is 47.8 Å². The average molecular weight is 281 g/mol. The molecule has 6 heteroatoms.